The molecule has 0 bridgehead atoms. The van der Waals surface area contributed by atoms with Crippen LogP contribution in [0.15, 0.2) is 0 Å². The van der Waals surface area contributed by atoms with E-state index >= 15 is 0 Å². The third-order valence-electron chi connectivity index (χ3n) is 3.48. The normalized spacial score (nSPS) is 14.7. The Morgan fingerprint density at radius 1 is 1.07 bits per heavy atom. The summed E-state index contributed by atoms with van der Waals surface area (Å²) in [4.78, 5) is 21.7. The lowest BCUT2D eigenvalue weighted by Gasteiger charge is -2.42. The van der Waals surface area contributed by atoms with Gasteiger partial charge in [-0.25, -0.2) is 0 Å². The molecule has 0 radical (unpaired) electrons. The fraction of sp³-hybridized carbons (Fsp3) is 0.818. The molecule has 0 saturated carbocycles. The summed E-state index contributed by atoms with van der Waals surface area (Å²) in [5.41, 5.74) is -0.831. The zero-order chi connectivity index (χ0) is 12.4. The van der Waals surface area contributed by atoms with Gasteiger partial charge in [0.05, 0.1) is 12.3 Å². The van der Waals surface area contributed by atoms with Crippen LogP contribution in [0.25, 0.3) is 0 Å². The van der Waals surface area contributed by atoms with E-state index in [0.29, 0.717) is 0 Å². The van der Waals surface area contributed by atoms with Crippen molar-refractivity contribution in [3.05, 3.63) is 0 Å². The van der Waals surface area contributed by atoms with Crippen LogP contribution in [0.5, 0.6) is 0 Å². The van der Waals surface area contributed by atoms with Crippen molar-refractivity contribution in [2.75, 3.05) is 0 Å². The van der Waals surface area contributed by atoms with Crippen LogP contribution in [0.3, 0.4) is 0 Å². The summed E-state index contributed by atoms with van der Waals surface area (Å²) in [6, 6.07) is 0. The van der Waals surface area contributed by atoms with E-state index in [1.807, 2.05) is 20.8 Å². The first-order chi connectivity index (χ1) is 6.50. The second-order valence-electron chi connectivity index (χ2n) is 5.46. The second-order valence-corrected chi connectivity index (χ2v) is 5.46. The second kappa shape index (κ2) is 4.21. The minimum absolute atomic E-state index is 0.258. The van der Waals surface area contributed by atoms with Gasteiger partial charge in [0.15, 0.2) is 0 Å². The largest absolute Gasteiger partial charge is 0.481 e. The van der Waals surface area contributed by atoms with Crippen LogP contribution >= 0.6 is 0 Å². The standard InChI is InChI=1S/C11H20O4/c1-10(2,3)11(4,5)7(9(14)15)6-8(12)13/h7H,6H2,1-5H3,(H,12,13)(H,14,15). The lowest BCUT2D eigenvalue weighted by molar-refractivity contribution is -0.156. The Labute approximate surface area is 90.3 Å². The maximum atomic E-state index is 11.1. The molecule has 0 aromatic heterocycles. The Hall–Kier alpha value is -1.06. The maximum absolute atomic E-state index is 11.1. The molecular formula is C11H20O4. The van der Waals surface area contributed by atoms with Gasteiger partial charge in [-0.2, -0.15) is 0 Å². The zero-order valence-electron chi connectivity index (χ0n) is 10.00. The SMILES string of the molecule is CC(C)(C)C(C)(C)C(CC(=O)O)C(=O)O. The smallest absolute Gasteiger partial charge is 0.307 e. The van der Waals surface area contributed by atoms with E-state index in [2.05, 4.69) is 0 Å². The fourth-order valence-corrected chi connectivity index (χ4v) is 1.35. The third kappa shape index (κ3) is 3.22. The number of carboxylic acid groups (broad SMARTS) is 2. The van der Waals surface area contributed by atoms with E-state index in [1.54, 1.807) is 13.8 Å². The van der Waals surface area contributed by atoms with Gasteiger partial charge in [-0.05, 0) is 10.8 Å². The van der Waals surface area contributed by atoms with Gasteiger partial charge in [-0.3, -0.25) is 9.59 Å². The van der Waals surface area contributed by atoms with Crippen LogP contribution in [-0.2, 0) is 9.59 Å². The van der Waals surface area contributed by atoms with Gasteiger partial charge >= 0.3 is 11.9 Å². The molecule has 0 fully saturated rings. The molecule has 1 unspecified atom stereocenters. The van der Waals surface area contributed by atoms with Crippen molar-refractivity contribution in [2.24, 2.45) is 16.7 Å². The average Bonchev–Trinajstić information content (AvgIpc) is 1.96. The van der Waals surface area contributed by atoms with Crippen molar-refractivity contribution in [1.82, 2.24) is 0 Å². The van der Waals surface area contributed by atoms with Gasteiger partial charge in [0.2, 0.25) is 0 Å². The molecule has 2 N–H and O–H groups in total. The quantitative estimate of drug-likeness (QED) is 0.755. The molecule has 0 aliphatic heterocycles. The number of hydrogen-bond donors (Lipinski definition) is 2. The fourth-order valence-electron chi connectivity index (χ4n) is 1.35. The zero-order valence-corrected chi connectivity index (χ0v) is 10.00. The van der Waals surface area contributed by atoms with E-state index in [9.17, 15) is 9.59 Å². The summed E-state index contributed by atoms with van der Waals surface area (Å²) in [6.07, 6.45) is -0.334. The number of carboxylic acids is 2. The summed E-state index contributed by atoms with van der Waals surface area (Å²) in [5, 5.41) is 17.8. The minimum Gasteiger partial charge on any atom is -0.481 e. The van der Waals surface area contributed by atoms with Crippen LogP contribution in [0.1, 0.15) is 41.0 Å². The highest BCUT2D eigenvalue weighted by atomic mass is 16.4. The predicted octanol–water partition coefficient (Wildman–Crippen LogP) is 2.23. The van der Waals surface area contributed by atoms with Crippen molar-refractivity contribution in [1.29, 1.82) is 0 Å². The minimum atomic E-state index is -1.07. The van der Waals surface area contributed by atoms with Gasteiger partial charge in [-0.15, -0.1) is 0 Å². The molecule has 0 aliphatic rings. The molecule has 15 heavy (non-hydrogen) atoms. The molecule has 0 aromatic rings. The summed E-state index contributed by atoms with van der Waals surface area (Å²) in [7, 11) is 0. The van der Waals surface area contributed by atoms with E-state index in [4.69, 9.17) is 10.2 Å². The molecule has 0 aliphatic carbocycles. The van der Waals surface area contributed by atoms with Gasteiger partial charge in [-0.1, -0.05) is 34.6 Å². The Morgan fingerprint density at radius 3 is 1.67 bits per heavy atom. The number of hydrogen-bond acceptors (Lipinski definition) is 2. The van der Waals surface area contributed by atoms with Gasteiger partial charge in [0.1, 0.15) is 0 Å². The van der Waals surface area contributed by atoms with Gasteiger partial charge in [0, 0.05) is 0 Å². The summed E-state index contributed by atoms with van der Waals surface area (Å²) >= 11 is 0. The van der Waals surface area contributed by atoms with Gasteiger partial charge in [0.25, 0.3) is 0 Å². The van der Waals surface area contributed by atoms with Crippen LogP contribution in [0.4, 0.5) is 0 Å². The van der Waals surface area contributed by atoms with Crippen molar-refractivity contribution >= 4 is 11.9 Å². The van der Waals surface area contributed by atoms with Crippen LogP contribution in [0, 0.1) is 16.7 Å². The molecular weight excluding hydrogens is 196 g/mol. The predicted molar refractivity (Wildman–Crippen MR) is 56.6 cm³/mol. The molecule has 0 saturated heterocycles. The highest BCUT2D eigenvalue weighted by Crippen LogP contribution is 2.45. The number of aliphatic carboxylic acids is 2. The molecule has 1 atom stereocenters. The molecule has 4 nitrogen and oxygen atoms in total. The third-order valence-corrected chi connectivity index (χ3v) is 3.48. The first kappa shape index (κ1) is 13.9. The molecule has 0 rings (SSSR count). The van der Waals surface area contributed by atoms with E-state index < -0.39 is 23.3 Å². The van der Waals surface area contributed by atoms with E-state index in [0.717, 1.165) is 0 Å². The molecule has 4 heteroatoms. The lowest BCUT2D eigenvalue weighted by Crippen LogP contribution is -2.42. The summed E-state index contributed by atoms with van der Waals surface area (Å²) in [6.45, 7) is 9.36. The lowest BCUT2D eigenvalue weighted by atomic mass is 9.61. The first-order valence-corrected chi connectivity index (χ1v) is 4.94. The Morgan fingerprint density at radius 2 is 1.47 bits per heavy atom. The van der Waals surface area contributed by atoms with Crippen molar-refractivity contribution in [2.45, 2.75) is 41.0 Å². The molecule has 0 amide bonds. The topological polar surface area (TPSA) is 74.6 Å². The molecule has 0 aromatic carbocycles. The Kier molecular flexibility index (Phi) is 3.91. The molecule has 0 spiro atoms. The van der Waals surface area contributed by atoms with Crippen LogP contribution in [0.2, 0.25) is 0 Å². The molecule has 88 valence electrons. The average molecular weight is 216 g/mol. The van der Waals surface area contributed by atoms with Gasteiger partial charge < -0.3 is 10.2 Å². The van der Waals surface area contributed by atoms with E-state index in [-0.39, 0.29) is 11.8 Å². The first-order valence-electron chi connectivity index (χ1n) is 4.94. The van der Waals surface area contributed by atoms with Crippen molar-refractivity contribution < 1.29 is 19.8 Å². The Balaban J connectivity index is 5.08. The van der Waals surface area contributed by atoms with Crippen molar-refractivity contribution in [3.63, 3.8) is 0 Å². The Bertz CT molecular complexity index is 260. The molecule has 0 heterocycles. The summed E-state index contributed by atoms with van der Waals surface area (Å²) < 4.78 is 0. The highest BCUT2D eigenvalue weighted by molar-refractivity contribution is 5.78. The summed E-state index contributed by atoms with van der Waals surface area (Å²) in [5.74, 6) is -2.98. The monoisotopic (exact) mass is 216 g/mol. The van der Waals surface area contributed by atoms with Crippen molar-refractivity contribution in [3.8, 4) is 0 Å². The number of carbonyl (C=O) groups is 2. The number of rotatable bonds is 4. The van der Waals surface area contributed by atoms with E-state index in [1.165, 1.54) is 0 Å². The van der Waals surface area contributed by atoms with Crippen LogP contribution in [-0.4, -0.2) is 22.2 Å². The highest BCUT2D eigenvalue weighted by Gasteiger charge is 2.44. The maximum Gasteiger partial charge on any atom is 0.307 e. The van der Waals surface area contributed by atoms with Crippen LogP contribution < -0.4 is 0 Å².